The van der Waals surface area contributed by atoms with Gasteiger partial charge < -0.3 is 10.1 Å². The molecule has 0 aromatic heterocycles. The smallest absolute Gasteiger partial charge is 0.242 e. The summed E-state index contributed by atoms with van der Waals surface area (Å²) in [6.45, 7) is 7.81. The number of amides is 1. The molecule has 0 saturated carbocycles. The first-order valence-electron chi connectivity index (χ1n) is 9.92. The van der Waals surface area contributed by atoms with Gasteiger partial charge in [0.05, 0.1) is 17.5 Å². The van der Waals surface area contributed by atoms with Crippen LogP contribution in [0.2, 0.25) is 0 Å². The molecule has 1 amide bonds. The van der Waals surface area contributed by atoms with Crippen molar-refractivity contribution in [3.05, 3.63) is 53.6 Å². The van der Waals surface area contributed by atoms with Crippen LogP contribution >= 0.6 is 0 Å². The predicted octanol–water partition coefficient (Wildman–Crippen LogP) is 4.04. The van der Waals surface area contributed by atoms with E-state index >= 15 is 0 Å². The Bertz CT molecular complexity index is 924. The Morgan fingerprint density at radius 2 is 1.79 bits per heavy atom. The number of carbonyl (C=O) groups is 1. The number of carbonyl (C=O) groups excluding carboxylic acids is 1. The standard InChI is InChI=1S/C22H30N2O4S/c1-5-7-8-18-9-11-19(12-10-18)23-22(25)17(4)24-29(26,27)20-13-14-21(28-6-2)16(3)15-20/h9-15,17,24H,5-8H2,1-4H3,(H,23,25)/t17-/m1/s1. The first kappa shape index (κ1) is 22.9. The molecule has 0 bridgehead atoms. The Hall–Kier alpha value is -2.38. The molecule has 0 radical (unpaired) electrons. The second-order valence-corrected chi connectivity index (χ2v) is 8.71. The van der Waals surface area contributed by atoms with Gasteiger partial charge in [-0.3, -0.25) is 4.79 Å². The van der Waals surface area contributed by atoms with E-state index in [1.807, 2.05) is 31.2 Å². The summed E-state index contributed by atoms with van der Waals surface area (Å²) in [4.78, 5) is 12.5. The summed E-state index contributed by atoms with van der Waals surface area (Å²) in [7, 11) is -3.83. The third kappa shape index (κ3) is 6.58. The topological polar surface area (TPSA) is 84.5 Å². The molecular weight excluding hydrogens is 388 g/mol. The van der Waals surface area contributed by atoms with Crippen LogP contribution in [0.4, 0.5) is 5.69 Å². The third-order valence-corrected chi connectivity index (χ3v) is 6.06. The van der Waals surface area contributed by atoms with Crippen LogP contribution in [0.15, 0.2) is 47.4 Å². The maximum absolute atomic E-state index is 12.6. The van der Waals surface area contributed by atoms with Crippen molar-refractivity contribution >= 4 is 21.6 Å². The summed E-state index contributed by atoms with van der Waals surface area (Å²) in [5.74, 6) is 0.220. The largest absolute Gasteiger partial charge is 0.494 e. The van der Waals surface area contributed by atoms with Crippen LogP contribution in [0.25, 0.3) is 0 Å². The lowest BCUT2D eigenvalue weighted by atomic mass is 10.1. The summed E-state index contributed by atoms with van der Waals surface area (Å²) in [5.41, 5.74) is 2.57. The first-order chi connectivity index (χ1) is 13.8. The monoisotopic (exact) mass is 418 g/mol. The van der Waals surface area contributed by atoms with Crippen LogP contribution in [0.1, 0.15) is 44.7 Å². The second kappa shape index (κ2) is 10.4. The molecule has 0 fully saturated rings. The van der Waals surface area contributed by atoms with Gasteiger partial charge in [0.1, 0.15) is 5.75 Å². The summed E-state index contributed by atoms with van der Waals surface area (Å²) < 4.78 is 33.1. The predicted molar refractivity (Wildman–Crippen MR) is 116 cm³/mol. The van der Waals surface area contributed by atoms with Gasteiger partial charge in [0.25, 0.3) is 0 Å². The molecule has 158 valence electrons. The number of unbranched alkanes of at least 4 members (excludes halogenated alkanes) is 1. The zero-order valence-corrected chi connectivity index (χ0v) is 18.3. The molecule has 2 rings (SSSR count). The van der Waals surface area contributed by atoms with Crippen molar-refractivity contribution in [1.82, 2.24) is 4.72 Å². The molecule has 0 heterocycles. The molecule has 0 aliphatic rings. The maximum atomic E-state index is 12.6. The number of benzene rings is 2. The van der Waals surface area contributed by atoms with E-state index < -0.39 is 22.0 Å². The minimum Gasteiger partial charge on any atom is -0.494 e. The molecule has 0 saturated heterocycles. The minimum atomic E-state index is -3.83. The van der Waals surface area contributed by atoms with E-state index in [0.29, 0.717) is 18.0 Å². The number of hydrogen-bond donors (Lipinski definition) is 2. The minimum absolute atomic E-state index is 0.0957. The second-order valence-electron chi connectivity index (χ2n) is 6.99. The van der Waals surface area contributed by atoms with Crippen molar-refractivity contribution in [2.45, 2.75) is 57.9 Å². The van der Waals surface area contributed by atoms with Crippen LogP contribution in [0.5, 0.6) is 5.75 Å². The van der Waals surface area contributed by atoms with Gasteiger partial charge in [-0.15, -0.1) is 0 Å². The van der Waals surface area contributed by atoms with Gasteiger partial charge in [-0.25, -0.2) is 8.42 Å². The number of ether oxygens (including phenoxy) is 1. The fraction of sp³-hybridized carbons (Fsp3) is 0.409. The van der Waals surface area contributed by atoms with Gasteiger partial charge in [-0.05, 0) is 75.1 Å². The van der Waals surface area contributed by atoms with Crippen LogP contribution in [-0.4, -0.2) is 27.0 Å². The molecule has 1 atom stereocenters. The van der Waals surface area contributed by atoms with Crippen molar-refractivity contribution in [1.29, 1.82) is 0 Å². The highest BCUT2D eigenvalue weighted by molar-refractivity contribution is 7.89. The number of rotatable bonds is 10. The van der Waals surface area contributed by atoms with Gasteiger partial charge in [0, 0.05) is 5.69 Å². The Kier molecular flexibility index (Phi) is 8.22. The molecule has 29 heavy (non-hydrogen) atoms. The average Bonchev–Trinajstić information content (AvgIpc) is 2.68. The highest BCUT2D eigenvalue weighted by Crippen LogP contribution is 2.22. The summed E-state index contributed by atoms with van der Waals surface area (Å²) in [6, 6.07) is 11.3. The van der Waals surface area contributed by atoms with Crippen molar-refractivity contribution < 1.29 is 17.9 Å². The van der Waals surface area contributed by atoms with E-state index in [0.717, 1.165) is 24.8 Å². The lowest BCUT2D eigenvalue weighted by molar-refractivity contribution is -0.117. The van der Waals surface area contributed by atoms with Gasteiger partial charge in [0.15, 0.2) is 0 Å². The molecule has 7 heteroatoms. The fourth-order valence-electron chi connectivity index (χ4n) is 2.85. The Balaban J connectivity index is 2.01. The summed E-state index contributed by atoms with van der Waals surface area (Å²) in [5, 5.41) is 2.75. The highest BCUT2D eigenvalue weighted by Gasteiger charge is 2.22. The van der Waals surface area contributed by atoms with Crippen molar-refractivity contribution in [3.63, 3.8) is 0 Å². The molecule has 0 unspecified atom stereocenters. The van der Waals surface area contributed by atoms with Gasteiger partial charge in [-0.1, -0.05) is 25.5 Å². The SMILES string of the molecule is CCCCc1ccc(NC(=O)[C@@H](C)NS(=O)(=O)c2ccc(OCC)c(C)c2)cc1. The molecular formula is C22H30N2O4S. The van der Waals surface area contributed by atoms with E-state index in [9.17, 15) is 13.2 Å². The highest BCUT2D eigenvalue weighted by atomic mass is 32.2. The molecule has 0 spiro atoms. The number of sulfonamides is 1. The van der Waals surface area contributed by atoms with Gasteiger partial charge in [-0.2, -0.15) is 4.72 Å². The number of nitrogens with one attached hydrogen (secondary N) is 2. The van der Waals surface area contributed by atoms with Crippen LogP contribution in [0.3, 0.4) is 0 Å². The van der Waals surface area contributed by atoms with E-state index in [1.54, 1.807) is 13.0 Å². The van der Waals surface area contributed by atoms with Crippen molar-refractivity contribution in [2.75, 3.05) is 11.9 Å². The van der Waals surface area contributed by atoms with E-state index in [1.165, 1.54) is 24.6 Å². The summed E-state index contributed by atoms with van der Waals surface area (Å²) >= 11 is 0. The Morgan fingerprint density at radius 3 is 2.38 bits per heavy atom. The van der Waals surface area contributed by atoms with E-state index in [2.05, 4.69) is 17.0 Å². The number of anilines is 1. The molecule has 2 aromatic carbocycles. The lowest BCUT2D eigenvalue weighted by Crippen LogP contribution is -2.41. The fourth-order valence-corrected chi connectivity index (χ4v) is 4.13. The van der Waals surface area contributed by atoms with Crippen LogP contribution in [0, 0.1) is 6.92 Å². The Labute approximate surface area is 173 Å². The van der Waals surface area contributed by atoms with E-state index in [-0.39, 0.29) is 4.90 Å². The third-order valence-electron chi connectivity index (χ3n) is 4.52. The van der Waals surface area contributed by atoms with Gasteiger partial charge >= 0.3 is 0 Å². The molecule has 2 N–H and O–H groups in total. The molecule has 6 nitrogen and oxygen atoms in total. The first-order valence-corrected chi connectivity index (χ1v) is 11.4. The summed E-state index contributed by atoms with van der Waals surface area (Å²) in [6.07, 6.45) is 3.25. The zero-order valence-electron chi connectivity index (χ0n) is 17.5. The number of aryl methyl sites for hydroxylation is 2. The molecule has 0 aliphatic heterocycles. The molecule has 2 aromatic rings. The van der Waals surface area contributed by atoms with Gasteiger partial charge in [0.2, 0.25) is 15.9 Å². The average molecular weight is 419 g/mol. The van der Waals surface area contributed by atoms with Crippen molar-refractivity contribution in [3.8, 4) is 5.75 Å². The zero-order chi connectivity index (χ0) is 21.4. The van der Waals surface area contributed by atoms with Crippen molar-refractivity contribution in [2.24, 2.45) is 0 Å². The molecule has 0 aliphatic carbocycles. The Morgan fingerprint density at radius 1 is 1.10 bits per heavy atom. The normalized spacial score (nSPS) is 12.4. The van der Waals surface area contributed by atoms with Crippen LogP contribution in [-0.2, 0) is 21.2 Å². The van der Waals surface area contributed by atoms with Crippen LogP contribution < -0.4 is 14.8 Å². The quantitative estimate of drug-likeness (QED) is 0.610. The van der Waals surface area contributed by atoms with E-state index in [4.69, 9.17) is 4.74 Å². The maximum Gasteiger partial charge on any atom is 0.242 e. The number of hydrogen-bond acceptors (Lipinski definition) is 4. The lowest BCUT2D eigenvalue weighted by Gasteiger charge is -2.16.